The number of phosphoric acid groups is 2. The summed E-state index contributed by atoms with van der Waals surface area (Å²) in [6.07, 6.45) is 53.1. The zero-order valence-electron chi connectivity index (χ0n) is 63.7. The molecule has 0 spiro atoms. The maximum Gasteiger partial charge on any atom is 0.472 e. The topological polar surface area (TPSA) is 237 Å². The van der Waals surface area contributed by atoms with Crippen LogP contribution in [0.4, 0.5) is 0 Å². The van der Waals surface area contributed by atoms with E-state index in [0.29, 0.717) is 37.5 Å². The summed E-state index contributed by atoms with van der Waals surface area (Å²) in [6, 6.07) is 0. The lowest BCUT2D eigenvalue weighted by atomic mass is 9.99. The molecule has 17 nitrogen and oxygen atoms in total. The first-order chi connectivity index (χ1) is 46.6. The third-order valence-corrected chi connectivity index (χ3v) is 20.3. The summed E-state index contributed by atoms with van der Waals surface area (Å²) in [5.41, 5.74) is 0. The molecule has 0 aliphatic rings. The van der Waals surface area contributed by atoms with Crippen LogP contribution in [0, 0.1) is 23.7 Å². The van der Waals surface area contributed by atoms with Crippen LogP contribution >= 0.6 is 15.6 Å². The van der Waals surface area contributed by atoms with Gasteiger partial charge >= 0.3 is 39.5 Å². The van der Waals surface area contributed by atoms with E-state index in [-0.39, 0.29) is 25.7 Å². The highest BCUT2D eigenvalue weighted by Crippen LogP contribution is 2.45. The summed E-state index contributed by atoms with van der Waals surface area (Å²) < 4.78 is 68.5. The third-order valence-electron chi connectivity index (χ3n) is 18.4. The van der Waals surface area contributed by atoms with Gasteiger partial charge in [-0.2, -0.15) is 0 Å². The van der Waals surface area contributed by atoms with Gasteiger partial charge in [0.2, 0.25) is 0 Å². The lowest BCUT2D eigenvalue weighted by Gasteiger charge is -2.21. The van der Waals surface area contributed by atoms with Crippen molar-refractivity contribution in [2.24, 2.45) is 23.7 Å². The summed E-state index contributed by atoms with van der Waals surface area (Å²) in [4.78, 5) is 72.8. The van der Waals surface area contributed by atoms with E-state index >= 15 is 0 Å². The number of ether oxygens (including phenoxy) is 4. The summed E-state index contributed by atoms with van der Waals surface area (Å²) in [6.45, 7) is 14.1. The maximum atomic E-state index is 13.1. The van der Waals surface area contributed by atoms with Gasteiger partial charge in [-0.15, -0.1) is 0 Å². The lowest BCUT2D eigenvalue weighted by molar-refractivity contribution is -0.161. The number of unbranched alkanes of at least 4 members (excludes halogenated alkanes) is 40. The Balaban J connectivity index is 5.16. The Hall–Kier alpha value is -1.94. The van der Waals surface area contributed by atoms with Crippen LogP contribution in [0.3, 0.4) is 0 Å². The smallest absolute Gasteiger partial charge is 0.462 e. The number of phosphoric ester groups is 2. The molecule has 6 atom stereocenters. The Labute approximate surface area is 594 Å². The van der Waals surface area contributed by atoms with Crippen LogP contribution in [0.15, 0.2) is 0 Å². The lowest BCUT2D eigenvalue weighted by Crippen LogP contribution is -2.30. The molecule has 4 unspecified atom stereocenters. The van der Waals surface area contributed by atoms with E-state index in [1.54, 1.807) is 0 Å². The van der Waals surface area contributed by atoms with E-state index in [9.17, 15) is 43.2 Å². The molecule has 0 saturated heterocycles. The normalized spacial score (nSPS) is 14.4. The van der Waals surface area contributed by atoms with E-state index in [4.69, 9.17) is 37.0 Å². The molecule has 0 bridgehead atoms. The molecule has 0 heterocycles. The van der Waals surface area contributed by atoms with Crippen molar-refractivity contribution in [2.75, 3.05) is 39.6 Å². The number of hydrogen-bond acceptors (Lipinski definition) is 15. The Morgan fingerprint density at radius 1 is 0.289 bits per heavy atom. The fourth-order valence-electron chi connectivity index (χ4n) is 11.9. The minimum atomic E-state index is -4.96. The van der Waals surface area contributed by atoms with E-state index in [1.807, 2.05) is 0 Å². The van der Waals surface area contributed by atoms with Crippen LogP contribution in [0.5, 0.6) is 0 Å². The van der Waals surface area contributed by atoms with Gasteiger partial charge in [-0.05, 0) is 49.4 Å². The average molecular weight is 1420 g/mol. The van der Waals surface area contributed by atoms with Crippen molar-refractivity contribution in [2.45, 2.75) is 414 Å². The maximum absolute atomic E-state index is 13.1. The highest BCUT2D eigenvalue weighted by Gasteiger charge is 2.30. The predicted molar refractivity (Wildman–Crippen MR) is 395 cm³/mol. The number of rotatable bonds is 75. The number of carbonyl (C=O) groups excluding carboxylic acids is 4. The van der Waals surface area contributed by atoms with Crippen LogP contribution in [0.2, 0.25) is 0 Å². The van der Waals surface area contributed by atoms with Crippen LogP contribution in [-0.2, 0) is 65.4 Å². The highest BCUT2D eigenvalue weighted by molar-refractivity contribution is 7.47. The van der Waals surface area contributed by atoms with Crippen molar-refractivity contribution < 1.29 is 80.2 Å². The van der Waals surface area contributed by atoms with Crippen molar-refractivity contribution in [3.63, 3.8) is 0 Å². The first-order valence-electron chi connectivity index (χ1n) is 40.2. The first kappa shape index (κ1) is 95.1. The molecule has 0 saturated carbocycles. The second kappa shape index (κ2) is 67.2. The van der Waals surface area contributed by atoms with Gasteiger partial charge in [0, 0.05) is 25.7 Å². The number of aliphatic hydroxyl groups excluding tert-OH is 1. The zero-order chi connectivity index (χ0) is 71.7. The van der Waals surface area contributed by atoms with Crippen LogP contribution in [0.1, 0.15) is 396 Å². The van der Waals surface area contributed by atoms with Crippen LogP contribution in [0.25, 0.3) is 0 Å². The fraction of sp³-hybridized carbons (Fsp3) is 0.949. The number of esters is 4. The summed E-state index contributed by atoms with van der Waals surface area (Å²) in [5, 5.41) is 10.6. The quantitative estimate of drug-likeness (QED) is 0.0222. The summed E-state index contributed by atoms with van der Waals surface area (Å²) in [7, 11) is -9.91. The van der Waals surface area contributed by atoms with Gasteiger partial charge in [0.25, 0.3) is 0 Å². The molecule has 576 valence electrons. The second-order valence-corrected chi connectivity index (χ2v) is 32.7. The molecule has 0 aromatic rings. The van der Waals surface area contributed by atoms with E-state index in [0.717, 1.165) is 108 Å². The van der Waals surface area contributed by atoms with Gasteiger partial charge in [-0.3, -0.25) is 37.3 Å². The molecule has 0 aromatic carbocycles. The highest BCUT2D eigenvalue weighted by atomic mass is 31.2. The average Bonchev–Trinajstić information content (AvgIpc) is 1.33. The predicted octanol–water partition coefficient (Wildman–Crippen LogP) is 22.8. The largest absolute Gasteiger partial charge is 0.472 e. The van der Waals surface area contributed by atoms with Gasteiger partial charge in [-0.1, -0.05) is 344 Å². The number of carbonyl (C=O) groups is 4. The molecule has 0 rings (SSSR count). The Kier molecular flexibility index (Phi) is 65.9. The van der Waals surface area contributed by atoms with Crippen molar-refractivity contribution in [1.29, 1.82) is 0 Å². The van der Waals surface area contributed by atoms with Crippen molar-refractivity contribution >= 4 is 39.5 Å². The molecule has 0 radical (unpaired) electrons. The Morgan fingerprint density at radius 3 is 0.732 bits per heavy atom. The van der Waals surface area contributed by atoms with E-state index in [2.05, 4.69) is 55.4 Å². The first-order valence-corrected chi connectivity index (χ1v) is 43.2. The molecular weight excluding hydrogens is 1270 g/mol. The Bertz CT molecular complexity index is 1900. The second-order valence-electron chi connectivity index (χ2n) is 29.8. The standard InChI is InChI=1S/C78H152O17P2/c1-9-71(8)57-49-41-32-26-22-18-14-12-10-11-13-15-19-23-27-33-42-50-58-75(80)88-64-73(94-77(82)60-52-44-34-28-24-20-16-17-21-25-30-38-46-54-68(2)3)66-92-96(84,85)90-62-72(79)63-91-97(86,87)93-67-74(95-78(83)61-53-45-37-36-40-48-56-70(6)7)65-89-76(81)59-51-43-35-29-31-39-47-55-69(4)5/h68-74,79H,9-67H2,1-8H3,(H,84,85)(H,86,87)/t71?,72?,73-,74-/m1/s1. The van der Waals surface area contributed by atoms with Gasteiger partial charge in [0.05, 0.1) is 26.4 Å². The Morgan fingerprint density at radius 2 is 0.495 bits per heavy atom. The van der Waals surface area contributed by atoms with Crippen molar-refractivity contribution in [1.82, 2.24) is 0 Å². The third kappa shape index (κ3) is 70.9. The zero-order valence-corrected chi connectivity index (χ0v) is 65.5. The van der Waals surface area contributed by atoms with Gasteiger partial charge in [-0.25, -0.2) is 9.13 Å². The fourth-order valence-corrected chi connectivity index (χ4v) is 13.5. The molecule has 97 heavy (non-hydrogen) atoms. The molecule has 0 aliphatic carbocycles. The number of aliphatic hydroxyl groups is 1. The van der Waals surface area contributed by atoms with Gasteiger partial charge < -0.3 is 33.8 Å². The van der Waals surface area contributed by atoms with Gasteiger partial charge in [0.1, 0.15) is 19.3 Å². The summed E-state index contributed by atoms with van der Waals surface area (Å²) in [5.74, 6) is 0.910. The minimum Gasteiger partial charge on any atom is -0.462 e. The minimum absolute atomic E-state index is 0.101. The molecule has 0 fully saturated rings. The number of hydrogen-bond donors (Lipinski definition) is 3. The molecule has 3 N–H and O–H groups in total. The van der Waals surface area contributed by atoms with Crippen LogP contribution < -0.4 is 0 Å². The molecular formula is C78H152O17P2. The molecule has 0 amide bonds. The van der Waals surface area contributed by atoms with E-state index < -0.39 is 97.5 Å². The van der Waals surface area contributed by atoms with Crippen molar-refractivity contribution in [3.8, 4) is 0 Å². The van der Waals surface area contributed by atoms with E-state index in [1.165, 1.54) is 193 Å². The molecule has 0 aromatic heterocycles. The SMILES string of the molecule is CCC(C)CCCCCCCCCCCCCCCCCCCCC(=O)OC[C@H](COP(=O)(O)OCC(O)COP(=O)(O)OC[C@@H](COC(=O)CCCCCCCCCC(C)C)OC(=O)CCCCCCCCC(C)C)OC(=O)CCCCCCCCCCCCCCCC(C)C. The van der Waals surface area contributed by atoms with Crippen molar-refractivity contribution in [3.05, 3.63) is 0 Å². The van der Waals surface area contributed by atoms with Crippen LogP contribution in [-0.4, -0.2) is 96.7 Å². The molecule has 0 aliphatic heterocycles. The molecule has 19 heteroatoms. The van der Waals surface area contributed by atoms with Gasteiger partial charge in [0.15, 0.2) is 12.2 Å². The summed E-state index contributed by atoms with van der Waals surface area (Å²) >= 11 is 0. The monoisotopic (exact) mass is 1420 g/mol.